The van der Waals surface area contributed by atoms with Crippen LogP contribution in [-0.2, 0) is 17.8 Å². The van der Waals surface area contributed by atoms with Crippen molar-refractivity contribution in [1.29, 1.82) is 5.26 Å². The second kappa shape index (κ2) is 12.2. The first kappa shape index (κ1) is 24.7. The summed E-state index contributed by atoms with van der Waals surface area (Å²) in [7, 11) is 0. The molecular weight excluding hydrogens is 550 g/mol. The lowest BCUT2D eigenvalue weighted by atomic mass is 10.0. The van der Waals surface area contributed by atoms with Crippen LogP contribution in [0.1, 0.15) is 34.6 Å². The van der Waals surface area contributed by atoms with Gasteiger partial charge in [0.2, 0.25) is 5.91 Å². The molecule has 1 aromatic heterocycles. The maximum atomic E-state index is 12.6. The van der Waals surface area contributed by atoms with E-state index in [2.05, 4.69) is 40.6 Å². The highest BCUT2D eigenvalue weighted by Gasteiger charge is 2.33. The number of nitrogens with zero attached hydrogens (tertiary/aromatic N) is 7. The number of carbonyl (C=O) groups is 1. The molecule has 0 N–H and O–H groups in total. The van der Waals surface area contributed by atoms with Crippen LogP contribution in [0.2, 0.25) is 5.02 Å². The molecule has 0 unspecified atom stereocenters. The lowest BCUT2D eigenvalue weighted by molar-refractivity contribution is -0.128. The van der Waals surface area contributed by atoms with E-state index < -0.39 is 6.98 Å². The van der Waals surface area contributed by atoms with E-state index in [1.807, 2.05) is 18.2 Å². The molecule has 2 fully saturated rings. The van der Waals surface area contributed by atoms with Crippen molar-refractivity contribution in [1.82, 2.24) is 19.8 Å². The van der Waals surface area contributed by atoms with Gasteiger partial charge in [-0.3, -0.25) is 4.79 Å². The van der Waals surface area contributed by atoms with Gasteiger partial charge in [0, 0.05) is 53.0 Å². The molecule has 218 valence electrons. The first-order valence-corrected chi connectivity index (χ1v) is 14.8. The highest BCUT2D eigenvalue weighted by Crippen LogP contribution is 2.37. The highest BCUT2D eigenvalue weighted by atomic mass is 35.5. The molecule has 10 heteroatoms. The summed E-state index contributed by atoms with van der Waals surface area (Å²) in [6, 6.07) is 13.9. The van der Waals surface area contributed by atoms with Crippen LogP contribution in [0.5, 0.6) is 6.01 Å². The quantitative estimate of drug-likeness (QED) is 0.375. The van der Waals surface area contributed by atoms with Crippen molar-refractivity contribution in [3.63, 3.8) is 0 Å². The number of benzene rings is 2. The lowest BCUT2D eigenvalue weighted by Gasteiger charge is -2.42. The molecule has 9 nitrogen and oxygen atoms in total. The van der Waals surface area contributed by atoms with Gasteiger partial charge in [-0.15, -0.1) is 0 Å². The molecule has 3 aliphatic rings. The Hall–Kier alpha value is -3.87. The molecular formula is C32H36ClN7O2. The Morgan fingerprint density at radius 3 is 2.86 bits per heavy atom. The number of ether oxygens (including phenoxy) is 1. The SMILES string of the molecule is [2H]C([2H])([2H])N1CCC[C@H]1COc1nc2c(c(N3CCN(C(=O)C=C)[C@@H](CC#N)C3)n1)CCN(c1cccc3cccc(Cl)c13)C2. The monoisotopic (exact) mass is 588 g/mol. The van der Waals surface area contributed by atoms with Gasteiger partial charge in [-0.1, -0.05) is 42.4 Å². The first-order valence-electron chi connectivity index (χ1n) is 15.9. The Labute approximate surface area is 256 Å². The zero-order chi connectivity index (χ0) is 31.7. The van der Waals surface area contributed by atoms with Crippen molar-refractivity contribution in [2.24, 2.45) is 0 Å². The van der Waals surface area contributed by atoms with Crippen LogP contribution in [0.15, 0.2) is 49.1 Å². The number of likely N-dealkylation sites (N-methyl/N-ethyl adjacent to an activating group) is 1. The molecule has 2 aromatic carbocycles. The first-order chi connectivity index (χ1) is 21.7. The van der Waals surface area contributed by atoms with Gasteiger partial charge >= 0.3 is 6.01 Å². The summed E-state index contributed by atoms with van der Waals surface area (Å²) < 4.78 is 29.9. The summed E-state index contributed by atoms with van der Waals surface area (Å²) in [4.78, 5) is 29.9. The Morgan fingerprint density at radius 2 is 2.05 bits per heavy atom. The van der Waals surface area contributed by atoms with Crippen molar-refractivity contribution in [3.8, 4) is 12.1 Å². The molecule has 0 bridgehead atoms. The molecule has 42 heavy (non-hydrogen) atoms. The summed E-state index contributed by atoms with van der Waals surface area (Å²) in [6.07, 6.45) is 3.67. The minimum Gasteiger partial charge on any atom is -0.462 e. The third-order valence-corrected chi connectivity index (χ3v) is 8.86. The van der Waals surface area contributed by atoms with Crippen LogP contribution in [0.4, 0.5) is 11.5 Å². The van der Waals surface area contributed by atoms with E-state index in [0.29, 0.717) is 44.2 Å². The van der Waals surface area contributed by atoms with Gasteiger partial charge in [-0.05, 0) is 56.4 Å². The van der Waals surface area contributed by atoms with Crippen molar-refractivity contribution >= 4 is 39.8 Å². The third kappa shape index (κ3) is 5.49. The number of likely N-dealkylation sites (tertiary alicyclic amines) is 1. The van der Waals surface area contributed by atoms with E-state index in [0.717, 1.165) is 52.9 Å². The van der Waals surface area contributed by atoms with E-state index in [9.17, 15) is 10.1 Å². The predicted octanol–water partition coefficient (Wildman–Crippen LogP) is 4.44. The molecule has 3 aromatic rings. The predicted molar refractivity (Wildman–Crippen MR) is 165 cm³/mol. The number of hydrogen-bond acceptors (Lipinski definition) is 8. The number of piperazine rings is 1. The fourth-order valence-corrected chi connectivity index (χ4v) is 6.65. The third-order valence-electron chi connectivity index (χ3n) is 8.54. The Kier molecular flexibility index (Phi) is 7.15. The average molecular weight is 589 g/mol. The number of rotatable bonds is 7. The smallest absolute Gasteiger partial charge is 0.318 e. The molecule has 6 rings (SSSR count). The molecule has 0 saturated carbocycles. The number of carbonyl (C=O) groups excluding carboxylic acids is 1. The van der Waals surface area contributed by atoms with Crippen LogP contribution < -0.4 is 14.5 Å². The molecule has 1 amide bonds. The Bertz CT molecular complexity index is 1640. The molecule has 0 radical (unpaired) electrons. The Balaban J connectivity index is 1.34. The van der Waals surface area contributed by atoms with Crippen molar-refractivity contribution in [2.75, 3.05) is 56.1 Å². The summed E-state index contributed by atoms with van der Waals surface area (Å²) in [5.74, 6) is 0.543. The zero-order valence-corrected chi connectivity index (χ0v) is 24.3. The molecule has 3 aliphatic heterocycles. The molecule has 0 spiro atoms. The number of aromatic nitrogens is 2. The summed E-state index contributed by atoms with van der Waals surface area (Å²) >= 11 is 6.68. The highest BCUT2D eigenvalue weighted by molar-refractivity contribution is 6.36. The maximum absolute atomic E-state index is 12.6. The van der Waals surface area contributed by atoms with E-state index >= 15 is 0 Å². The van der Waals surface area contributed by atoms with E-state index in [-0.39, 0.29) is 37.0 Å². The van der Waals surface area contributed by atoms with E-state index in [4.69, 9.17) is 30.4 Å². The number of nitriles is 1. The number of hydrogen-bond donors (Lipinski definition) is 0. The summed E-state index contributed by atoms with van der Waals surface area (Å²) in [5.41, 5.74) is 2.86. The van der Waals surface area contributed by atoms with Gasteiger partial charge in [-0.2, -0.15) is 15.2 Å². The minimum atomic E-state index is -2.19. The van der Waals surface area contributed by atoms with Gasteiger partial charge in [0.15, 0.2) is 0 Å². The zero-order valence-electron chi connectivity index (χ0n) is 26.5. The molecule has 0 aliphatic carbocycles. The minimum absolute atomic E-state index is 0.165. The fraction of sp³-hybridized carbons (Fsp3) is 0.438. The Morgan fingerprint density at radius 1 is 1.19 bits per heavy atom. The van der Waals surface area contributed by atoms with Gasteiger partial charge in [0.05, 0.1) is 35.8 Å². The van der Waals surface area contributed by atoms with Crippen molar-refractivity contribution < 1.29 is 13.6 Å². The van der Waals surface area contributed by atoms with Crippen molar-refractivity contribution in [3.05, 3.63) is 65.3 Å². The molecule has 2 atom stereocenters. The number of amides is 1. The fourth-order valence-electron chi connectivity index (χ4n) is 6.37. The van der Waals surface area contributed by atoms with Gasteiger partial charge in [0.1, 0.15) is 12.4 Å². The van der Waals surface area contributed by atoms with Gasteiger partial charge in [-0.25, -0.2) is 0 Å². The van der Waals surface area contributed by atoms with Crippen LogP contribution in [-0.4, -0.2) is 84.1 Å². The van der Waals surface area contributed by atoms with E-state index in [1.165, 1.54) is 11.0 Å². The topological polar surface area (TPSA) is 88.8 Å². The number of fused-ring (bicyclic) bond motifs is 2. The summed E-state index contributed by atoms with van der Waals surface area (Å²) in [6.45, 7) is 4.73. The van der Waals surface area contributed by atoms with Crippen LogP contribution in [0, 0.1) is 11.3 Å². The van der Waals surface area contributed by atoms with Crippen LogP contribution >= 0.6 is 11.6 Å². The molecule has 4 heterocycles. The van der Waals surface area contributed by atoms with E-state index in [1.54, 1.807) is 4.90 Å². The standard InChI is InChI=1S/C32H36ClN7O2/c1-3-29(41)40-18-17-39(19-23(40)12-14-34)31-25-13-16-38(28-11-5-8-22-7-4-10-26(33)30(22)28)20-27(25)35-32(36-31)42-21-24-9-6-15-37(24)2/h3-5,7-8,10-11,23-24H,1,6,9,12-13,15-21H2,2H3/t23-,24-/m0/s1/i2D3. The lowest BCUT2D eigenvalue weighted by Crippen LogP contribution is -2.55. The molecule has 2 saturated heterocycles. The van der Waals surface area contributed by atoms with Crippen LogP contribution in [0.25, 0.3) is 10.8 Å². The average Bonchev–Trinajstić information content (AvgIpc) is 3.53. The largest absolute Gasteiger partial charge is 0.462 e. The van der Waals surface area contributed by atoms with Gasteiger partial charge < -0.3 is 24.3 Å². The summed E-state index contributed by atoms with van der Waals surface area (Å²) in [5, 5.41) is 12.3. The number of halogens is 1. The van der Waals surface area contributed by atoms with Crippen LogP contribution in [0.3, 0.4) is 0 Å². The van der Waals surface area contributed by atoms with Gasteiger partial charge in [0.25, 0.3) is 0 Å². The second-order valence-corrected chi connectivity index (χ2v) is 11.4. The number of anilines is 2. The normalized spacial score (nSPS) is 22.2. The maximum Gasteiger partial charge on any atom is 0.318 e. The second-order valence-electron chi connectivity index (χ2n) is 11.0. The van der Waals surface area contributed by atoms with Crippen molar-refractivity contribution in [2.45, 2.75) is 44.3 Å².